The van der Waals surface area contributed by atoms with E-state index in [1.54, 1.807) is 11.8 Å². The average Bonchev–Trinajstić information content (AvgIpc) is 2.16. The first-order valence-corrected chi connectivity index (χ1v) is 6.39. The highest BCUT2D eigenvalue weighted by molar-refractivity contribution is 7.99. The normalized spacial score (nSPS) is 13.1. The van der Waals surface area contributed by atoms with Gasteiger partial charge in [-0.1, -0.05) is 25.6 Å². The Morgan fingerprint density at radius 3 is 2.75 bits per heavy atom. The van der Waals surface area contributed by atoms with E-state index in [1.807, 2.05) is 14.0 Å². The Labute approximate surface area is 100 Å². The van der Waals surface area contributed by atoms with Crippen LogP contribution in [0.2, 0.25) is 0 Å². The van der Waals surface area contributed by atoms with E-state index in [-0.39, 0.29) is 5.56 Å². The largest absolute Gasteiger partial charge is 0.316 e. The van der Waals surface area contributed by atoms with Crippen LogP contribution in [0.3, 0.4) is 0 Å². The van der Waals surface area contributed by atoms with Crippen molar-refractivity contribution in [1.29, 1.82) is 0 Å². The van der Waals surface area contributed by atoms with Crippen molar-refractivity contribution in [2.75, 3.05) is 12.8 Å². The van der Waals surface area contributed by atoms with Gasteiger partial charge in [0.25, 0.3) is 5.56 Å². The predicted octanol–water partition coefficient (Wildman–Crippen LogP) is 1.41. The van der Waals surface area contributed by atoms with Gasteiger partial charge in [0, 0.05) is 23.6 Å². The number of nitrogens with one attached hydrogen (secondary N) is 2. The molecule has 0 aromatic carbocycles. The quantitative estimate of drug-likeness (QED) is 0.604. The van der Waals surface area contributed by atoms with E-state index in [1.165, 1.54) is 6.07 Å². The van der Waals surface area contributed by atoms with Crippen LogP contribution in [0, 0.1) is 12.8 Å². The zero-order valence-corrected chi connectivity index (χ0v) is 11.0. The van der Waals surface area contributed by atoms with Crippen LogP contribution in [-0.4, -0.2) is 28.8 Å². The van der Waals surface area contributed by atoms with Gasteiger partial charge in [0.2, 0.25) is 0 Å². The molecule has 0 saturated carbocycles. The zero-order valence-electron chi connectivity index (χ0n) is 10.2. The molecule has 1 rings (SSSR count). The minimum absolute atomic E-state index is 0.0828. The van der Waals surface area contributed by atoms with E-state index in [0.717, 1.165) is 11.4 Å². The van der Waals surface area contributed by atoms with Crippen LogP contribution in [-0.2, 0) is 0 Å². The Hall–Kier alpha value is -0.810. The van der Waals surface area contributed by atoms with Gasteiger partial charge in [-0.15, -0.1) is 0 Å². The molecule has 5 heteroatoms. The average molecular weight is 241 g/mol. The first-order valence-electron chi connectivity index (χ1n) is 5.41. The Morgan fingerprint density at radius 1 is 1.56 bits per heavy atom. The second kappa shape index (κ2) is 6.06. The van der Waals surface area contributed by atoms with Gasteiger partial charge in [-0.25, -0.2) is 4.98 Å². The molecule has 0 bridgehead atoms. The van der Waals surface area contributed by atoms with Crippen molar-refractivity contribution in [3.05, 3.63) is 22.1 Å². The molecular formula is C11H19N3OS. The van der Waals surface area contributed by atoms with Gasteiger partial charge in [0.05, 0.1) is 0 Å². The van der Waals surface area contributed by atoms with Crippen LogP contribution in [0.1, 0.15) is 19.5 Å². The third kappa shape index (κ3) is 3.98. The second-order valence-corrected chi connectivity index (χ2v) is 5.15. The second-order valence-electron chi connectivity index (χ2n) is 4.14. The highest BCUT2D eigenvalue weighted by atomic mass is 32.2. The van der Waals surface area contributed by atoms with Crippen molar-refractivity contribution in [2.45, 2.75) is 32.0 Å². The number of rotatable bonds is 5. The Morgan fingerprint density at radius 2 is 2.25 bits per heavy atom. The number of aromatic nitrogens is 2. The van der Waals surface area contributed by atoms with Crippen LogP contribution >= 0.6 is 11.8 Å². The molecule has 0 fully saturated rings. The monoisotopic (exact) mass is 241 g/mol. The van der Waals surface area contributed by atoms with Crippen molar-refractivity contribution in [3.8, 4) is 0 Å². The number of H-pyrrole nitrogens is 1. The van der Waals surface area contributed by atoms with Gasteiger partial charge in [0.1, 0.15) is 0 Å². The van der Waals surface area contributed by atoms with Crippen molar-refractivity contribution in [2.24, 2.45) is 5.92 Å². The molecule has 1 unspecified atom stereocenters. The molecule has 4 nitrogen and oxygen atoms in total. The maximum absolute atomic E-state index is 11.2. The summed E-state index contributed by atoms with van der Waals surface area (Å²) in [6, 6.07) is 1.93. The van der Waals surface area contributed by atoms with Gasteiger partial charge >= 0.3 is 0 Å². The van der Waals surface area contributed by atoms with Crippen molar-refractivity contribution in [1.82, 2.24) is 15.3 Å². The standard InChI is InChI=1S/C11H19N3OS/c1-7(2)9(12-4)6-16-11-13-8(3)5-10(15)14-11/h5,7,9,12H,6H2,1-4H3,(H,13,14,15). The molecule has 1 aromatic rings. The zero-order chi connectivity index (χ0) is 12.1. The third-order valence-corrected chi connectivity index (χ3v) is 3.42. The molecule has 1 heterocycles. The Balaban J connectivity index is 2.63. The molecule has 1 atom stereocenters. The fraction of sp³-hybridized carbons (Fsp3) is 0.636. The van der Waals surface area contributed by atoms with Crippen LogP contribution in [0.5, 0.6) is 0 Å². The van der Waals surface area contributed by atoms with E-state index >= 15 is 0 Å². The predicted molar refractivity (Wildman–Crippen MR) is 68.0 cm³/mol. The molecule has 0 aliphatic heterocycles. The summed E-state index contributed by atoms with van der Waals surface area (Å²) in [5.41, 5.74) is 0.678. The Bertz CT molecular complexity index is 389. The molecule has 0 amide bonds. The number of hydrogen-bond acceptors (Lipinski definition) is 4. The summed E-state index contributed by atoms with van der Waals surface area (Å²) in [5, 5.41) is 3.96. The topological polar surface area (TPSA) is 57.8 Å². The van der Waals surface area contributed by atoms with E-state index in [4.69, 9.17) is 0 Å². The molecule has 90 valence electrons. The van der Waals surface area contributed by atoms with Crippen LogP contribution < -0.4 is 10.9 Å². The first kappa shape index (κ1) is 13.3. The smallest absolute Gasteiger partial charge is 0.251 e. The maximum atomic E-state index is 11.2. The molecule has 0 aliphatic carbocycles. The number of aromatic amines is 1. The summed E-state index contributed by atoms with van der Waals surface area (Å²) in [4.78, 5) is 18.2. The fourth-order valence-electron chi connectivity index (χ4n) is 1.40. The molecule has 0 spiro atoms. The van der Waals surface area contributed by atoms with Gasteiger partial charge in [0.15, 0.2) is 5.16 Å². The molecule has 2 N–H and O–H groups in total. The Kier molecular flexibility index (Phi) is 5.02. The number of nitrogens with zero attached hydrogens (tertiary/aromatic N) is 1. The molecule has 0 radical (unpaired) electrons. The van der Waals surface area contributed by atoms with E-state index in [0.29, 0.717) is 17.1 Å². The molecule has 16 heavy (non-hydrogen) atoms. The van der Waals surface area contributed by atoms with E-state index < -0.39 is 0 Å². The number of hydrogen-bond donors (Lipinski definition) is 2. The maximum Gasteiger partial charge on any atom is 0.251 e. The van der Waals surface area contributed by atoms with Gasteiger partial charge < -0.3 is 10.3 Å². The molecular weight excluding hydrogens is 222 g/mol. The van der Waals surface area contributed by atoms with Crippen molar-refractivity contribution >= 4 is 11.8 Å². The van der Waals surface area contributed by atoms with Gasteiger partial charge in [-0.3, -0.25) is 4.79 Å². The summed E-state index contributed by atoms with van der Waals surface area (Å²) in [7, 11) is 1.96. The lowest BCUT2D eigenvalue weighted by molar-refractivity contribution is 0.465. The summed E-state index contributed by atoms with van der Waals surface area (Å²) < 4.78 is 0. The van der Waals surface area contributed by atoms with Crippen LogP contribution in [0.15, 0.2) is 16.0 Å². The number of aryl methyl sites for hydroxylation is 1. The molecule has 1 aromatic heterocycles. The van der Waals surface area contributed by atoms with Crippen LogP contribution in [0.25, 0.3) is 0 Å². The highest BCUT2D eigenvalue weighted by Crippen LogP contribution is 2.15. The minimum Gasteiger partial charge on any atom is -0.316 e. The minimum atomic E-state index is -0.0828. The van der Waals surface area contributed by atoms with Gasteiger partial charge in [-0.05, 0) is 19.9 Å². The van der Waals surface area contributed by atoms with Crippen molar-refractivity contribution < 1.29 is 0 Å². The van der Waals surface area contributed by atoms with E-state index in [9.17, 15) is 4.79 Å². The summed E-state index contributed by atoms with van der Waals surface area (Å²) in [5.74, 6) is 1.47. The highest BCUT2D eigenvalue weighted by Gasteiger charge is 2.11. The fourth-order valence-corrected chi connectivity index (χ4v) is 2.67. The molecule has 0 saturated heterocycles. The molecule has 0 aliphatic rings. The van der Waals surface area contributed by atoms with Crippen molar-refractivity contribution in [3.63, 3.8) is 0 Å². The summed E-state index contributed by atoms with van der Waals surface area (Å²) in [6.45, 7) is 6.18. The summed E-state index contributed by atoms with van der Waals surface area (Å²) >= 11 is 1.58. The lowest BCUT2D eigenvalue weighted by Gasteiger charge is -2.19. The third-order valence-electron chi connectivity index (χ3n) is 2.42. The summed E-state index contributed by atoms with van der Waals surface area (Å²) in [6.07, 6.45) is 0. The SMILES string of the molecule is CNC(CSc1nc(C)cc(=O)[nH]1)C(C)C. The van der Waals surface area contributed by atoms with E-state index in [2.05, 4.69) is 29.1 Å². The lowest BCUT2D eigenvalue weighted by atomic mass is 10.1. The number of thioether (sulfide) groups is 1. The first-order chi connectivity index (χ1) is 7.52. The van der Waals surface area contributed by atoms with Crippen LogP contribution in [0.4, 0.5) is 0 Å². The lowest BCUT2D eigenvalue weighted by Crippen LogP contribution is -2.33. The van der Waals surface area contributed by atoms with Gasteiger partial charge in [-0.2, -0.15) is 0 Å².